The maximum absolute atomic E-state index is 12.7. The van der Waals surface area contributed by atoms with Gasteiger partial charge in [0.05, 0.1) is 0 Å². The molecule has 20 heavy (non-hydrogen) atoms. The van der Waals surface area contributed by atoms with Crippen LogP contribution in [0, 0.1) is 0 Å². The van der Waals surface area contributed by atoms with Gasteiger partial charge in [-0.1, -0.05) is 13.3 Å². The fraction of sp³-hybridized carbons (Fsp3) is 0.714. The van der Waals surface area contributed by atoms with E-state index in [1.54, 1.807) is 4.31 Å². The molecule has 1 fully saturated rings. The van der Waals surface area contributed by atoms with Crippen molar-refractivity contribution in [2.45, 2.75) is 56.3 Å². The van der Waals surface area contributed by atoms with E-state index in [1.165, 1.54) is 11.3 Å². The molecular formula is C14H24N2O2S2. The number of hydrogen-bond acceptors (Lipinski definition) is 4. The molecule has 0 saturated carbocycles. The number of piperidine rings is 1. The highest BCUT2D eigenvalue weighted by atomic mass is 32.2. The van der Waals surface area contributed by atoms with Crippen LogP contribution in [0.15, 0.2) is 15.7 Å². The number of nitrogens with zero attached hydrogens (tertiary/aromatic N) is 1. The first-order valence-corrected chi connectivity index (χ1v) is 9.67. The molecule has 0 amide bonds. The average molecular weight is 316 g/mol. The predicted octanol–water partition coefficient (Wildman–Crippen LogP) is 2.81. The van der Waals surface area contributed by atoms with Crippen molar-refractivity contribution >= 4 is 21.4 Å². The third-order valence-corrected chi connectivity index (χ3v) is 7.17. The maximum atomic E-state index is 12.7. The highest BCUT2D eigenvalue weighted by Crippen LogP contribution is 2.29. The lowest BCUT2D eigenvalue weighted by Gasteiger charge is -2.31. The minimum atomic E-state index is -3.30. The molecule has 1 aliphatic heterocycles. The molecule has 1 aliphatic rings. The van der Waals surface area contributed by atoms with Gasteiger partial charge in [-0.05, 0) is 49.7 Å². The number of thiophene rings is 1. The van der Waals surface area contributed by atoms with Gasteiger partial charge in [-0.15, -0.1) is 11.3 Å². The number of rotatable bonds is 6. The molecule has 0 aromatic carbocycles. The van der Waals surface area contributed by atoms with Gasteiger partial charge in [0.1, 0.15) is 4.21 Å². The number of sulfonamides is 1. The number of hydrogen-bond donors (Lipinski definition) is 1. The van der Waals surface area contributed by atoms with E-state index in [1.807, 2.05) is 18.4 Å². The van der Waals surface area contributed by atoms with Crippen molar-refractivity contribution in [3.05, 3.63) is 17.0 Å². The smallest absolute Gasteiger partial charge is 0.252 e. The van der Waals surface area contributed by atoms with E-state index < -0.39 is 10.0 Å². The molecule has 0 spiro atoms. The summed E-state index contributed by atoms with van der Waals surface area (Å²) >= 11 is 1.34. The van der Waals surface area contributed by atoms with Crippen LogP contribution in [-0.4, -0.2) is 31.9 Å². The van der Waals surface area contributed by atoms with Crippen LogP contribution in [0.2, 0.25) is 0 Å². The van der Waals surface area contributed by atoms with Gasteiger partial charge in [0, 0.05) is 19.1 Å². The van der Waals surface area contributed by atoms with E-state index >= 15 is 0 Å². The summed E-state index contributed by atoms with van der Waals surface area (Å²) in [5.41, 5.74) is 1.06. The van der Waals surface area contributed by atoms with Crippen LogP contribution in [-0.2, 0) is 16.6 Å². The quantitative estimate of drug-likeness (QED) is 0.821. The molecule has 0 aliphatic carbocycles. The molecule has 1 N–H and O–H groups in total. The molecular weight excluding hydrogens is 292 g/mol. The molecule has 6 heteroatoms. The van der Waals surface area contributed by atoms with Gasteiger partial charge in [0.15, 0.2) is 0 Å². The zero-order valence-electron chi connectivity index (χ0n) is 12.3. The summed E-state index contributed by atoms with van der Waals surface area (Å²) < 4.78 is 27.5. The summed E-state index contributed by atoms with van der Waals surface area (Å²) in [5, 5.41) is 5.25. The van der Waals surface area contributed by atoms with Crippen molar-refractivity contribution in [3.63, 3.8) is 0 Å². The lowest BCUT2D eigenvalue weighted by molar-refractivity contribution is 0.269. The molecule has 0 bridgehead atoms. The molecule has 4 nitrogen and oxygen atoms in total. The van der Waals surface area contributed by atoms with Gasteiger partial charge in [0.25, 0.3) is 10.0 Å². The van der Waals surface area contributed by atoms with Crippen molar-refractivity contribution in [2.24, 2.45) is 0 Å². The second-order valence-corrected chi connectivity index (χ2v) is 8.44. The van der Waals surface area contributed by atoms with E-state index in [4.69, 9.17) is 0 Å². The van der Waals surface area contributed by atoms with Crippen molar-refractivity contribution in [1.82, 2.24) is 9.62 Å². The Labute approximate surface area is 126 Å². The highest BCUT2D eigenvalue weighted by molar-refractivity contribution is 7.91. The molecule has 1 aromatic heterocycles. The summed E-state index contributed by atoms with van der Waals surface area (Å²) in [6.45, 7) is 6.49. The third kappa shape index (κ3) is 3.61. The van der Waals surface area contributed by atoms with Gasteiger partial charge in [0.2, 0.25) is 0 Å². The van der Waals surface area contributed by atoms with E-state index in [0.717, 1.165) is 44.3 Å². The van der Waals surface area contributed by atoms with Crippen LogP contribution in [0.5, 0.6) is 0 Å². The van der Waals surface area contributed by atoms with Gasteiger partial charge in [-0.3, -0.25) is 0 Å². The Bertz CT molecular complexity index is 525. The van der Waals surface area contributed by atoms with Crippen LogP contribution >= 0.6 is 11.3 Å². The van der Waals surface area contributed by atoms with Gasteiger partial charge in [-0.2, -0.15) is 4.31 Å². The maximum Gasteiger partial charge on any atom is 0.252 e. The average Bonchev–Trinajstić information content (AvgIpc) is 2.89. The van der Waals surface area contributed by atoms with Gasteiger partial charge in [-0.25, -0.2) is 8.42 Å². The molecule has 114 valence electrons. The monoisotopic (exact) mass is 316 g/mol. The van der Waals surface area contributed by atoms with Crippen LogP contribution in [0.1, 0.15) is 45.1 Å². The lowest BCUT2D eigenvalue weighted by Crippen LogP contribution is -2.41. The molecule has 2 heterocycles. The first-order chi connectivity index (χ1) is 9.55. The SMILES string of the molecule is CCCNCc1csc(S(=O)(=O)N2CCCCC2C)c1. The summed E-state index contributed by atoms with van der Waals surface area (Å²) in [7, 11) is -3.30. The van der Waals surface area contributed by atoms with Crippen LogP contribution < -0.4 is 5.32 Å². The Kier molecular flexibility index (Phi) is 5.60. The van der Waals surface area contributed by atoms with Crippen LogP contribution in [0.3, 0.4) is 0 Å². The van der Waals surface area contributed by atoms with E-state index in [-0.39, 0.29) is 6.04 Å². The standard InChI is InChI=1S/C14H24N2O2S2/c1-3-7-15-10-13-9-14(19-11-13)20(17,18)16-8-5-4-6-12(16)2/h9,11-12,15H,3-8,10H2,1-2H3. The summed E-state index contributed by atoms with van der Waals surface area (Å²) in [6.07, 6.45) is 4.15. The lowest BCUT2D eigenvalue weighted by atomic mass is 10.1. The van der Waals surface area contributed by atoms with E-state index in [2.05, 4.69) is 12.2 Å². The topological polar surface area (TPSA) is 49.4 Å². The van der Waals surface area contributed by atoms with Crippen LogP contribution in [0.4, 0.5) is 0 Å². The molecule has 1 aromatic rings. The molecule has 1 saturated heterocycles. The van der Waals surface area contributed by atoms with Crippen molar-refractivity contribution < 1.29 is 8.42 Å². The molecule has 2 rings (SSSR count). The van der Waals surface area contributed by atoms with Gasteiger partial charge < -0.3 is 5.32 Å². The molecule has 1 atom stereocenters. The van der Waals surface area contributed by atoms with Crippen molar-refractivity contribution in [1.29, 1.82) is 0 Å². The minimum absolute atomic E-state index is 0.123. The first-order valence-electron chi connectivity index (χ1n) is 7.35. The Morgan fingerprint density at radius 2 is 2.25 bits per heavy atom. The Morgan fingerprint density at radius 3 is 2.95 bits per heavy atom. The summed E-state index contributed by atoms with van der Waals surface area (Å²) in [6, 6.07) is 1.95. The van der Waals surface area contributed by atoms with Crippen molar-refractivity contribution in [2.75, 3.05) is 13.1 Å². The van der Waals surface area contributed by atoms with Crippen LogP contribution in [0.25, 0.3) is 0 Å². The fourth-order valence-corrected chi connectivity index (χ4v) is 5.57. The van der Waals surface area contributed by atoms with Gasteiger partial charge >= 0.3 is 0 Å². The zero-order chi connectivity index (χ0) is 14.6. The Morgan fingerprint density at radius 1 is 1.45 bits per heavy atom. The van der Waals surface area contributed by atoms with E-state index in [9.17, 15) is 8.42 Å². The second kappa shape index (κ2) is 7.02. The zero-order valence-corrected chi connectivity index (χ0v) is 13.9. The molecule has 1 unspecified atom stereocenters. The van der Waals surface area contributed by atoms with Crippen molar-refractivity contribution in [3.8, 4) is 0 Å². The van der Waals surface area contributed by atoms with E-state index in [0.29, 0.717) is 10.8 Å². The highest BCUT2D eigenvalue weighted by Gasteiger charge is 2.31. The fourth-order valence-electron chi connectivity index (χ4n) is 2.54. The molecule has 0 radical (unpaired) electrons. The first kappa shape index (κ1) is 15.9. The number of nitrogens with one attached hydrogen (secondary N) is 1. The summed E-state index contributed by atoms with van der Waals surface area (Å²) in [4.78, 5) is 0. The second-order valence-electron chi connectivity index (χ2n) is 5.41. The third-order valence-electron chi connectivity index (χ3n) is 3.69. The minimum Gasteiger partial charge on any atom is -0.313 e. The largest absolute Gasteiger partial charge is 0.313 e. The summed E-state index contributed by atoms with van der Waals surface area (Å²) in [5.74, 6) is 0. The predicted molar refractivity (Wildman–Crippen MR) is 83.5 cm³/mol. The Hall–Kier alpha value is -0.430. The normalized spacial score (nSPS) is 21.2. The Balaban J connectivity index is 2.09.